The van der Waals surface area contributed by atoms with E-state index in [9.17, 15) is 5.11 Å². The minimum Gasteiger partial charge on any atom is -0.396 e. The first-order valence-electron chi connectivity index (χ1n) is 8.20. The maximum Gasteiger partial charge on any atom is 0.0528 e. The summed E-state index contributed by atoms with van der Waals surface area (Å²) >= 11 is 0. The van der Waals surface area contributed by atoms with Gasteiger partial charge >= 0.3 is 0 Å². The van der Waals surface area contributed by atoms with Gasteiger partial charge in [-0.2, -0.15) is 0 Å². The minimum atomic E-state index is 0.200. The van der Waals surface area contributed by atoms with Crippen LogP contribution in [0.3, 0.4) is 0 Å². The number of anilines is 2. The molecular formula is C17H29N3O2. The summed E-state index contributed by atoms with van der Waals surface area (Å²) < 4.78 is 5.44. The van der Waals surface area contributed by atoms with Gasteiger partial charge in [0.15, 0.2) is 0 Å². The van der Waals surface area contributed by atoms with E-state index >= 15 is 0 Å². The van der Waals surface area contributed by atoms with Gasteiger partial charge < -0.3 is 20.1 Å². The highest BCUT2D eigenvalue weighted by Crippen LogP contribution is 2.19. The predicted octanol–water partition coefficient (Wildman–Crippen LogP) is 1.50. The van der Waals surface area contributed by atoms with Gasteiger partial charge in [-0.05, 0) is 31.2 Å². The summed E-state index contributed by atoms with van der Waals surface area (Å²) in [5, 5.41) is 12.6. The Hall–Kier alpha value is -1.30. The molecule has 1 aromatic rings. The van der Waals surface area contributed by atoms with E-state index in [-0.39, 0.29) is 12.5 Å². The van der Waals surface area contributed by atoms with Gasteiger partial charge in [-0.25, -0.2) is 0 Å². The van der Waals surface area contributed by atoms with Crippen LogP contribution in [0.5, 0.6) is 0 Å². The first kappa shape index (κ1) is 17.1. The molecule has 5 heteroatoms. The highest BCUT2D eigenvalue weighted by molar-refractivity contribution is 5.55. The number of hydrogen-bond acceptors (Lipinski definition) is 5. The first-order valence-corrected chi connectivity index (χ1v) is 8.20. The molecule has 124 valence electrons. The second kappa shape index (κ2) is 8.98. The quantitative estimate of drug-likeness (QED) is 0.762. The maximum atomic E-state index is 9.44. The molecule has 2 N–H and O–H groups in total. The molecule has 0 saturated carbocycles. The summed E-state index contributed by atoms with van der Waals surface area (Å²) in [5.41, 5.74) is 2.43. The van der Waals surface area contributed by atoms with E-state index in [2.05, 4.69) is 39.4 Å². The van der Waals surface area contributed by atoms with Crippen LogP contribution >= 0.6 is 0 Å². The van der Waals surface area contributed by atoms with E-state index in [1.807, 2.05) is 14.0 Å². The van der Waals surface area contributed by atoms with Crippen molar-refractivity contribution >= 4 is 11.4 Å². The van der Waals surface area contributed by atoms with E-state index in [0.717, 1.165) is 38.4 Å². The van der Waals surface area contributed by atoms with E-state index in [1.165, 1.54) is 5.69 Å². The largest absolute Gasteiger partial charge is 0.396 e. The number of benzene rings is 1. The minimum absolute atomic E-state index is 0.200. The van der Waals surface area contributed by atoms with Crippen LogP contribution in [0.15, 0.2) is 24.3 Å². The lowest BCUT2D eigenvalue weighted by atomic mass is 10.1. The normalized spacial score (nSPS) is 17.5. The molecule has 0 bridgehead atoms. The van der Waals surface area contributed by atoms with Crippen LogP contribution in [0.1, 0.15) is 6.92 Å². The fourth-order valence-electron chi connectivity index (χ4n) is 2.84. The van der Waals surface area contributed by atoms with Gasteiger partial charge in [0.1, 0.15) is 0 Å². The van der Waals surface area contributed by atoms with Gasteiger partial charge in [0.25, 0.3) is 0 Å². The van der Waals surface area contributed by atoms with Crippen molar-refractivity contribution in [2.45, 2.75) is 6.92 Å². The molecule has 22 heavy (non-hydrogen) atoms. The van der Waals surface area contributed by atoms with E-state index < -0.39 is 0 Å². The molecule has 1 fully saturated rings. The Kier molecular flexibility index (Phi) is 6.96. The molecule has 1 aromatic carbocycles. The molecule has 0 radical (unpaired) electrons. The zero-order valence-corrected chi connectivity index (χ0v) is 13.8. The standard InChI is InChI=1S/C17H29N3O2/c1-3-22-14-15(13-21)12-19-8-10-20(11-9-19)17-6-4-16(18-2)5-7-17/h4-7,15,18,21H,3,8-14H2,1-2H3/t15-/m0/s1. The first-order chi connectivity index (χ1) is 10.8. The van der Waals surface area contributed by atoms with Crippen LogP contribution in [0.4, 0.5) is 11.4 Å². The van der Waals surface area contributed by atoms with Gasteiger partial charge in [0.05, 0.1) is 6.61 Å². The molecule has 1 saturated heterocycles. The Morgan fingerprint density at radius 3 is 2.41 bits per heavy atom. The SMILES string of the molecule is CCOC[C@H](CO)CN1CCN(c2ccc(NC)cc2)CC1. The van der Waals surface area contributed by atoms with Crippen molar-refractivity contribution in [2.24, 2.45) is 5.92 Å². The van der Waals surface area contributed by atoms with E-state index in [0.29, 0.717) is 13.2 Å². The lowest BCUT2D eigenvalue weighted by molar-refractivity contribution is 0.0589. The molecule has 0 unspecified atom stereocenters. The second-order valence-corrected chi connectivity index (χ2v) is 5.79. The fourth-order valence-corrected chi connectivity index (χ4v) is 2.84. The molecule has 2 rings (SSSR count). The third-order valence-electron chi connectivity index (χ3n) is 4.23. The molecule has 0 spiro atoms. The van der Waals surface area contributed by atoms with Crippen molar-refractivity contribution < 1.29 is 9.84 Å². The van der Waals surface area contributed by atoms with Crippen LogP contribution in [0.2, 0.25) is 0 Å². The lowest BCUT2D eigenvalue weighted by Crippen LogP contribution is -2.48. The number of piperazine rings is 1. The van der Waals surface area contributed by atoms with Crippen LogP contribution in [-0.4, -0.2) is 69.6 Å². The van der Waals surface area contributed by atoms with Gasteiger partial charge in [-0.15, -0.1) is 0 Å². The summed E-state index contributed by atoms with van der Waals surface area (Å²) in [6.07, 6.45) is 0. The molecule has 1 heterocycles. The summed E-state index contributed by atoms with van der Waals surface area (Å²) in [7, 11) is 1.94. The molecule has 0 aromatic heterocycles. The van der Waals surface area contributed by atoms with Gasteiger partial charge in [0, 0.05) is 70.3 Å². The number of hydrogen-bond donors (Lipinski definition) is 2. The topological polar surface area (TPSA) is 48.0 Å². The number of aliphatic hydroxyl groups is 1. The van der Waals surface area contributed by atoms with Crippen molar-refractivity contribution in [3.8, 4) is 0 Å². The zero-order chi connectivity index (χ0) is 15.8. The van der Waals surface area contributed by atoms with Gasteiger partial charge in [-0.1, -0.05) is 0 Å². The summed E-state index contributed by atoms with van der Waals surface area (Å²) in [6, 6.07) is 8.58. The number of nitrogens with one attached hydrogen (secondary N) is 1. The predicted molar refractivity (Wildman–Crippen MR) is 91.7 cm³/mol. The van der Waals surface area contributed by atoms with Crippen molar-refractivity contribution in [2.75, 3.05) is 69.8 Å². The number of rotatable bonds is 8. The molecule has 1 aliphatic rings. The van der Waals surface area contributed by atoms with E-state index in [4.69, 9.17) is 4.74 Å². The molecule has 1 aliphatic heterocycles. The second-order valence-electron chi connectivity index (χ2n) is 5.79. The summed E-state index contributed by atoms with van der Waals surface area (Å²) in [5.74, 6) is 0.224. The average Bonchev–Trinajstić information content (AvgIpc) is 2.59. The molecular weight excluding hydrogens is 278 g/mol. The highest BCUT2D eigenvalue weighted by atomic mass is 16.5. The van der Waals surface area contributed by atoms with Crippen molar-refractivity contribution in [3.05, 3.63) is 24.3 Å². The van der Waals surface area contributed by atoms with Crippen LogP contribution in [-0.2, 0) is 4.74 Å². The third kappa shape index (κ3) is 4.87. The number of ether oxygens (including phenoxy) is 1. The fraction of sp³-hybridized carbons (Fsp3) is 0.647. The van der Waals surface area contributed by atoms with E-state index in [1.54, 1.807) is 0 Å². The number of aliphatic hydroxyl groups excluding tert-OH is 1. The Morgan fingerprint density at radius 2 is 1.86 bits per heavy atom. The molecule has 5 nitrogen and oxygen atoms in total. The average molecular weight is 307 g/mol. The van der Waals surface area contributed by atoms with Gasteiger partial charge in [-0.3, -0.25) is 4.90 Å². The Balaban J connectivity index is 1.79. The smallest absolute Gasteiger partial charge is 0.0528 e. The van der Waals surface area contributed by atoms with Crippen molar-refractivity contribution in [1.29, 1.82) is 0 Å². The van der Waals surface area contributed by atoms with Crippen LogP contribution < -0.4 is 10.2 Å². The van der Waals surface area contributed by atoms with Gasteiger partial charge in [0.2, 0.25) is 0 Å². The Morgan fingerprint density at radius 1 is 1.18 bits per heavy atom. The lowest BCUT2D eigenvalue weighted by Gasteiger charge is -2.37. The molecule has 0 amide bonds. The maximum absolute atomic E-state index is 9.44. The van der Waals surface area contributed by atoms with Crippen LogP contribution in [0.25, 0.3) is 0 Å². The number of nitrogens with zero attached hydrogens (tertiary/aromatic N) is 2. The van der Waals surface area contributed by atoms with Crippen molar-refractivity contribution in [3.63, 3.8) is 0 Å². The highest BCUT2D eigenvalue weighted by Gasteiger charge is 2.20. The summed E-state index contributed by atoms with van der Waals surface area (Å²) in [6.45, 7) is 8.62. The Bertz CT molecular complexity index is 416. The summed E-state index contributed by atoms with van der Waals surface area (Å²) in [4.78, 5) is 4.85. The molecule has 1 atom stereocenters. The molecule has 0 aliphatic carbocycles. The zero-order valence-electron chi connectivity index (χ0n) is 13.8. The third-order valence-corrected chi connectivity index (χ3v) is 4.23. The van der Waals surface area contributed by atoms with Crippen molar-refractivity contribution in [1.82, 2.24) is 4.90 Å². The van der Waals surface area contributed by atoms with Crippen LogP contribution in [0, 0.1) is 5.92 Å². The monoisotopic (exact) mass is 307 g/mol. The Labute approximate surface area is 133 Å².